The summed E-state index contributed by atoms with van der Waals surface area (Å²) in [7, 11) is 1.67. The fraction of sp³-hybridized carbons (Fsp3) is 0.462. The number of imidazole rings is 1. The summed E-state index contributed by atoms with van der Waals surface area (Å²) in [4.78, 5) is 4.58. The predicted molar refractivity (Wildman–Crippen MR) is 73.0 cm³/mol. The molecule has 0 unspecified atom stereocenters. The Morgan fingerprint density at radius 2 is 2.17 bits per heavy atom. The second kappa shape index (κ2) is 4.41. The van der Waals surface area contributed by atoms with Gasteiger partial charge in [-0.25, -0.2) is 4.98 Å². The van der Waals surface area contributed by atoms with Gasteiger partial charge in [-0.2, -0.15) is 0 Å². The topological polar surface area (TPSA) is 27.1 Å². The molecule has 1 aliphatic rings. The van der Waals surface area contributed by atoms with Crippen LogP contribution in [0.15, 0.2) is 24.3 Å². The summed E-state index contributed by atoms with van der Waals surface area (Å²) in [5.41, 5.74) is 2.10. The number of fused-ring (bicyclic) bond motifs is 1. The summed E-state index contributed by atoms with van der Waals surface area (Å²) in [6.45, 7) is 1.30. The van der Waals surface area contributed by atoms with E-state index in [0.29, 0.717) is 12.5 Å². The third-order valence-corrected chi connectivity index (χ3v) is 4.29. The van der Waals surface area contributed by atoms with E-state index in [1.54, 1.807) is 7.11 Å². The van der Waals surface area contributed by atoms with Gasteiger partial charge in [0.25, 0.3) is 0 Å². The van der Waals surface area contributed by atoms with Gasteiger partial charge < -0.3 is 9.30 Å². The Morgan fingerprint density at radius 3 is 2.83 bits per heavy atom. The van der Waals surface area contributed by atoms with E-state index in [-0.39, 0.29) is 0 Å². The highest BCUT2D eigenvalue weighted by Gasteiger charge is 2.51. The van der Waals surface area contributed by atoms with Crippen molar-refractivity contribution in [3.8, 4) is 0 Å². The van der Waals surface area contributed by atoms with E-state index >= 15 is 0 Å². The first-order chi connectivity index (χ1) is 8.62. The molecule has 0 saturated heterocycles. The van der Waals surface area contributed by atoms with E-state index in [0.717, 1.165) is 29.8 Å². The van der Waals surface area contributed by atoms with E-state index in [2.05, 4.69) is 15.6 Å². The maximum absolute atomic E-state index is 6.11. The molecule has 1 saturated carbocycles. The van der Waals surface area contributed by atoms with Crippen LogP contribution in [0.3, 0.4) is 0 Å². The molecule has 0 spiro atoms. The van der Waals surface area contributed by atoms with E-state index in [9.17, 15) is 0 Å². The van der Waals surface area contributed by atoms with Crippen molar-refractivity contribution in [1.29, 1.82) is 0 Å². The molecule has 0 radical (unpaired) electrons. The summed E-state index contributed by atoms with van der Waals surface area (Å²) >= 11 is 12.2. The van der Waals surface area contributed by atoms with Gasteiger partial charge in [0.1, 0.15) is 16.8 Å². The smallest absolute Gasteiger partial charge is 0.135 e. The fourth-order valence-electron chi connectivity index (χ4n) is 2.26. The number of halogens is 2. The van der Waals surface area contributed by atoms with E-state index in [4.69, 9.17) is 27.9 Å². The van der Waals surface area contributed by atoms with Gasteiger partial charge in [-0.1, -0.05) is 12.1 Å². The first-order valence-electron chi connectivity index (χ1n) is 5.93. The van der Waals surface area contributed by atoms with Crippen LogP contribution in [0.25, 0.3) is 11.0 Å². The van der Waals surface area contributed by atoms with Crippen molar-refractivity contribution in [1.82, 2.24) is 9.55 Å². The van der Waals surface area contributed by atoms with Gasteiger partial charge in [0.05, 0.1) is 11.0 Å². The molecule has 1 atom stereocenters. The van der Waals surface area contributed by atoms with Crippen LogP contribution in [0.5, 0.6) is 0 Å². The quantitative estimate of drug-likeness (QED) is 0.805. The Labute approximate surface area is 116 Å². The maximum atomic E-state index is 6.11. The lowest BCUT2D eigenvalue weighted by Gasteiger charge is -2.08. The van der Waals surface area contributed by atoms with Crippen molar-refractivity contribution < 1.29 is 4.74 Å². The average Bonchev–Trinajstić information content (AvgIpc) is 2.79. The number of ether oxygens (including phenoxy) is 1. The van der Waals surface area contributed by atoms with Crippen molar-refractivity contribution in [2.24, 2.45) is 5.92 Å². The zero-order chi connectivity index (χ0) is 12.8. The third kappa shape index (κ3) is 2.11. The van der Waals surface area contributed by atoms with E-state index in [1.165, 1.54) is 0 Å². The number of aromatic nitrogens is 2. The second-order valence-corrected chi connectivity index (χ2v) is 6.26. The van der Waals surface area contributed by atoms with Crippen LogP contribution in [-0.2, 0) is 17.9 Å². The van der Waals surface area contributed by atoms with Crippen molar-refractivity contribution >= 4 is 34.2 Å². The van der Waals surface area contributed by atoms with Gasteiger partial charge >= 0.3 is 0 Å². The fourth-order valence-corrected chi connectivity index (χ4v) is 2.77. The number of benzene rings is 1. The van der Waals surface area contributed by atoms with Crippen LogP contribution in [-0.4, -0.2) is 21.0 Å². The highest BCUT2D eigenvalue weighted by atomic mass is 35.5. The molecule has 1 aromatic carbocycles. The molecule has 5 heteroatoms. The Hall–Kier alpha value is -0.770. The van der Waals surface area contributed by atoms with Gasteiger partial charge in [-0.3, -0.25) is 0 Å². The van der Waals surface area contributed by atoms with Crippen molar-refractivity contribution in [2.75, 3.05) is 7.11 Å². The van der Waals surface area contributed by atoms with Crippen LogP contribution in [0, 0.1) is 5.92 Å². The molecule has 18 heavy (non-hydrogen) atoms. The molecule has 0 amide bonds. The average molecular weight is 285 g/mol. The lowest BCUT2D eigenvalue weighted by molar-refractivity contribution is 0.174. The molecule has 1 aromatic heterocycles. The number of nitrogens with zero attached hydrogens (tertiary/aromatic N) is 2. The normalized spacial score (nSPS) is 21.4. The van der Waals surface area contributed by atoms with Crippen LogP contribution >= 0.6 is 23.2 Å². The Bertz CT molecular complexity index is 579. The number of rotatable bonds is 4. The highest BCUT2D eigenvalue weighted by Crippen LogP contribution is 2.54. The molecule has 96 valence electrons. The predicted octanol–water partition coefficient (Wildman–Crippen LogP) is 3.38. The Morgan fingerprint density at radius 1 is 1.44 bits per heavy atom. The third-order valence-electron chi connectivity index (χ3n) is 3.37. The molecule has 1 aliphatic carbocycles. The number of methoxy groups -OCH3 is 1. The Balaban J connectivity index is 1.99. The maximum Gasteiger partial charge on any atom is 0.135 e. The zero-order valence-corrected chi connectivity index (χ0v) is 11.6. The zero-order valence-electron chi connectivity index (χ0n) is 10.1. The SMILES string of the molecule is COCc1nc2ccccc2n1C[C@H]1CC1(Cl)Cl. The Kier molecular flexibility index (Phi) is 3.00. The molecule has 0 aliphatic heterocycles. The minimum absolute atomic E-state index is 0.300. The standard InChI is InChI=1S/C13H14Cl2N2O/c1-18-8-12-16-10-4-2-3-5-11(10)17(12)7-9-6-13(9,14)15/h2-5,9H,6-8H2,1H3/t9-/m1/s1. The van der Waals surface area contributed by atoms with Crippen LogP contribution in [0.2, 0.25) is 0 Å². The number of alkyl halides is 2. The second-order valence-electron chi connectivity index (χ2n) is 4.72. The first-order valence-corrected chi connectivity index (χ1v) is 6.68. The monoisotopic (exact) mass is 284 g/mol. The van der Waals surface area contributed by atoms with Crippen LogP contribution in [0.1, 0.15) is 12.2 Å². The molecular weight excluding hydrogens is 271 g/mol. The number of para-hydroxylation sites is 2. The molecule has 3 nitrogen and oxygen atoms in total. The minimum Gasteiger partial charge on any atom is -0.377 e. The molecule has 1 fully saturated rings. The molecule has 0 N–H and O–H groups in total. The lowest BCUT2D eigenvalue weighted by atomic mass is 10.3. The molecular formula is C13H14Cl2N2O. The van der Waals surface area contributed by atoms with E-state index in [1.807, 2.05) is 18.2 Å². The first kappa shape index (κ1) is 12.3. The van der Waals surface area contributed by atoms with Gasteiger partial charge in [-0.15, -0.1) is 23.2 Å². The van der Waals surface area contributed by atoms with E-state index < -0.39 is 4.33 Å². The number of hydrogen-bond donors (Lipinski definition) is 0. The summed E-state index contributed by atoms with van der Waals surface area (Å²) in [5, 5.41) is 0. The molecule has 1 heterocycles. The number of hydrogen-bond acceptors (Lipinski definition) is 2. The summed E-state index contributed by atoms with van der Waals surface area (Å²) in [6, 6.07) is 8.07. The van der Waals surface area contributed by atoms with Gasteiger partial charge in [0.15, 0.2) is 0 Å². The molecule has 3 rings (SSSR count). The summed E-state index contributed by atoms with van der Waals surface area (Å²) in [6.07, 6.45) is 0.842. The van der Waals surface area contributed by atoms with Crippen molar-refractivity contribution in [2.45, 2.75) is 23.9 Å². The lowest BCUT2D eigenvalue weighted by Crippen LogP contribution is -2.08. The van der Waals surface area contributed by atoms with Crippen molar-refractivity contribution in [3.63, 3.8) is 0 Å². The van der Waals surface area contributed by atoms with Crippen molar-refractivity contribution in [3.05, 3.63) is 30.1 Å². The van der Waals surface area contributed by atoms with Gasteiger partial charge in [0, 0.05) is 19.6 Å². The molecule has 0 bridgehead atoms. The summed E-state index contributed by atoms with van der Waals surface area (Å²) < 4.78 is 6.81. The largest absolute Gasteiger partial charge is 0.377 e. The van der Waals surface area contributed by atoms with Gasteiger partial charge in [-0.05, 0) is 18.6 Å². The van der Waals surface area contributed by atoms with Crippen LogP contribution in [0.4, 0.5) is 0 Å². The molecule has 2 aromatic rings. The summed E-state index contributed by atoms with van der Waals surface area (Å²) in [5.74, 6) is 1.23. The minimum atomic E-state index is -0.560. The highest BCUT2D eigenvalue weighted by molar-refractivity contribution is 6.50. The van der Waals surface area contributed by atoms with Gasteiger partial charge in [0.2, 0.25) is 0 Å². The van der Waals surface area contributed by atoms with Crippen LogP contribution < -0.4 is 0 Å².